The number of aromatic nitrogens is 2. The van der Waals surface area contributed by atoms with Gasteiger partial charge in [-0.1, -0.05) is 60.7 Å². The van der Waals surface area contributed by atoms with E-state index in [1.807, 2.05) is 84.9 Å². The summed E-state index contributed by atoms with van der Waals surface area (Å²) in [4.78, 5) is 20.0. The minimum atomic E-state index is -0.727. The Bertz CT molecular complexity index is 1120. The monoisotopic (exact) mass is 369 g/mol. The molecule has 5 nitrogen and oxygen atoms in total. The van der Waals surface area contributed by atoms with Gasteiger partial charge < -0.3 is 9.30 Å². The lowest BCUT2D eigenvalue weighted by Gasteiger charge is -2.23. The first-order valence-electron chi connectivity index (χ1n) is 9.34. The van der Waals surface area contributed by atoms with Gasteiger partial charge in [0, 0.05) is 18.7 Å². The van der Waals surface area contributed by atoms with Gasteiger partial charge in [-0.05, 0) is 24.3 Å². The van der Waals surface area contributed by atoms with Crippen molar-refractivity contribution in [2.24, 2.45) is 0 Å². The van der Waals surface area contributed by atoms with E-state index in [1.54, 1.807) is 4.90 Å². The van der Waals surface area contributed by atoms with E-state index in [-0.39, 0.29) is 5.91 Å². The van der Waals surface area contributed by atoms with Crippen LogP contribution in [0.25, 0.3) is 11.0 Å². The van der Waals surface area contributed by atoms with E-state index in [4.69, 9.17) is 9.72 Å². The minimum Gasteiger partial charge on any atom is -0.476 e. The van der Waals surface area contributed by atoms with Crippen LogP contribution in [0.4, 0.5) is 5.95 Å². The highest BCUT2D eigenvalue weighted by molar-refractivity contribution is 5.98. The average Bonchev–Trinajstić information content (AvgIpc) is 3.32. The lowest BCUT2D eigenvalue weighted by Crippen LogP contribution is -2.36. The number of benzene rings is 3. The molecule has 5 heteroatoms. The molecule has 0 bridgehead atoms. The van der Waals surface area contributed by atoms with E-state index in [0.717, 1.165) is 23.1 Å². The van der Waals surface area contributed by atoms with Crippen molar-refractivity contribution in [3.05, 3.63) is 90.5 Å². The predicted molar refractivity (Wildman–Crippen MR) is 108 cm³/mol. The number of amides is 1. The molecule has 0 fully saturated rings. The SMILES string of the molecule is O=C(C(Oc1ccccc1)c1ccccc1)N1CCn2c1nc1ccccc12. The lowest BCUT2D eigenvalue weighted by molar-refractivity contribution is -0.125. The number of nitrogens with zero attached hydrogens (tertiary/aromatic N) is 3. The summed E-state index contributed by atoms with van der Waals surface area (Å²) in [6.45, 7) is 1.32. The zero-order valence-corrected chi connectivity index (χ0v) is 15.2. The van der Waals surface area contributed by atoms with E-state index in [1.165, 1.54) is 0 Å². The Hall–Kier alpha value is -3.60. The number of carbonyl (C=O) groups is 1. The van der Waals surface area contributed by atoms with Gasteiger partial charge >= 0.3 is 0 Å². The molecule has 0 aliphatic carbocycles. The third-order valence-electron chi connectivity index (χ3n) is 5.01. The van der Waals surface area contributed by atoms with Crippen LogP contribution in [0.1, 0.15) is 11.7 Å². The number of fused-ring (bicyclic) bond motifs is 3. The highest BCUT2D eigenvalue weighted by atomic mass is 16.5. The Morgan fingerprint density at radius 3 is 2.32 bits per heavy atom. The molecular weight excluding hydrogens is 350 g/mol. The molecule has 0 N–H and O–H groups in total. The van der Waals surface area contributed by atoms with E-state index in [0.29, 0.717) is 18.2 Å². The van der Waals surface area contributed by atoms with Crippen molar-refractivity contribution >= 4 is 22.9 Å². The number of hydrogen-bond acceptors (Lipinski definition) is 3. The molecule has 0 radical (unpaired) electrons. The summed E-state index contributed by atoms with van der Waals surface area (Å²) in [5.41, 5.74) is 2.77. The third-order valence-corrected chi connectivity index (χ3v) is 5.01. The number of carbonyl (C=O) groups excluding carboxylic acids is 1. The Labute approximate surface area is 162 Å². The van der Waals surface area contributed by atoms with Crippen LogP contribution in [0.15, 0.2) is 84.9 Å². The molecule has 1 unspecified atom stereocenters. The first-order valence-corrected chi connectivity index (χ1v) is 9.34. The predicted octanol–water partition coefficient (Wildman–Crippen LogP) is 4.20. The van der Waals surface area contributed by atoms with Gasteiger partial charge in [0.15, 0.2) is 0 Å². The average molecular weight is 369 g/mol. The van der Waals surface area contributed by atoms with E-state index < -0.39 is 6.10 Å². The molecule has 5 rings (SSSR count). The molecule has 1 atom stereocenters. The highest BCUT2D eigenvalue weighted by Crippen LogP contribution is 2.31. The van der Waals surface area contributed by atoms with Crippen LogP contribution in [0, 0.1) is 0 Å². The Morgan fingerprint density at radius 1 is 0.857 bits per heavy atom. The molecule has 4 aromatic rings. The van der Waals surface area contributed by atoms with Crippen molar-refractivity contribution in [2.45, 2.75) is 12.6 Å². The molecular formula is C23H19N3O2. The number of imidazole rings is 1. The fourth-order valence-corrected chi connectivity index (χ4v) is 3.66. The van der Waals surface area contributed by atoms with Crippen molar-refractivity contribution < 1.29 is 9.53 Å². The van der Waals surface area contributed by atoms with Crippen molar-refractivity contribution in [1.29, 1.82) is 0 Å². The Balaban J connectivity index is 1.52. The molecule has 1 aliphatic rings. The molecule has 28 heavy (non-hydrogen) atoms. The number of anilines is 1. The molecule has 138 valence electrons. The largest absolute Gasteiger partial charge is 0.476 e. The van der Waals surface area contributed by atoms with Gasteiger partial charge in [-0.3, -0.25) is 9.69 Å². The summed E-state index contributed by atoms with van der Waals surface area (Å²) in [6, 6.07) is 27.0. The molecule has 1 amide bonds. The lowest BCUT2D eigenvalue weighted by atomic mass is 10.1. The van der Waals surface area contributed by atoms with E-state index in [2.05, 4.69) is 4.57 Å². The first-order chi connectivity index (χ1) is 13.8. The molecule has 0 saturated heterocycles. The van der Waals surface area contributed by atoms with Crippen LogP contribution in [0.3, 0.4) is 0 Å². The van der Waals surface area contributed by atoms with Gasteiger partial charge in [0.25, 0.3) is 5.91 Å². The molecule has 1 aliphatic heterocycles. The number of rotatable bonds is 4. The van der Waals surface area contributed by atoms with Gasteiger partial charge in [0.2, 0.25) is 12.1 Å². The second kappa shape index (κ2) is 6.85. The van der Waals surface area contributed by atoms with Gasteiger partial charge in [0.1, 0.15) is 5.75 Å². The summed E-state index contributed by atoms with van der Waals surface area (Å²) in [5.74, 6) is 1.24. The van der Waals surface area contributed by atoms with E-state index in [9.17, 15) is 4.79 Å². The Morgan fingerprint density at radius 2 is 1.54 bits per heavy atom. The smallest absolute Gasteiger partial charge is 0.275 e. The summed E-state index contributed by atoms with van der Waals surface area (Å²) in [5, 5.41) is 0. The standard InChI is InChI=1S/C23H19N3O2/c27-22(26-16-15-25-20-14-8-7-13-19(20)24-23(25)26)21(17-9-3-1-4-10-17)28-18-11-5-2-6-12-18/h1-14,21H,15-16H2. The van der Waals surface area contributed by atoms with Crippen LogP contribution in [-0.4, -0.2) is 22.0 Å². The van der Waals surface area contributed by atoms with Gasteiger partial charge in [-0.15, -0.1) is 0 Å². The maximum Gasteiger partial charge on any atom is 0.275 e. The fourth-order valence-electron chi connectivity index (χ4n) is 3.66. The quantitative estimate of drug-likeness (QED) is 0.542. The van der Waals surface area contributed by atoms with Crippen LogP contribution in [0.5, 0.6) is 5.75 Å². The zero-order valence-electron chi connectivity index (χ0n) is 15.2. The molecule has 0 saturated carbocycles. The second-order valence-electron chi connectivity index (χ2n) is 6.76. The summed E-state index contributed by atoms with van der Waals surface area (Å²) >= 11 is 0. The number of hydrogen-bond donors (Lipinski definition) is 0. The maximum atomic E-state index is 13.5. The zero-order chi connectivity index (χ0) is 18.9. The Kier molecular flexibility index (Phi) is 4.05. The number of para-hydroxylation sites is 3. The van der Waals surface area contributed by atoms with Crippen LogP contribution in [-0.2, 0) is 11.3 Å². The topological polar surface area (TPSA) is 47.4 Å². The normalized spacial score (nSPS) is 14.1. The molecule has 3 aromatic carbocycles. The van der Waals surface area contributed by atoms with Crippen molar-refractivity contribution in [2.75, 3.05) is 11.4 Å². The van der Waals surface area contributed by atoms with Gasteiger partial charge in [-0.2, -0.15) is 0 Å². The summed E-state index contributed by atoms with van der Waals surface area (Å²) in [6.07, 6.45) is -0.727. The molecule has 2 heterocycles. The minimum absolute atomic E-state index is 0.107. The van der Waals surface area contributed by atoms with Crippen LogP contribution < -0.4 is 9.64 Å². The van der Waals surface area contributed by atoms with Gasteiger partial charge in [0.05, 0.1) is 11.0 Å². The summed E-state index contributed by atoms with van der Waals surface area (Å²) in [7, 11) is 0. The van der Waals surface area contributed by atoms with Crippen LogP contribution >= 0.6 is 0 Å². The van der Waals surface area contributed by atoms with E-state index >= 15 is 0 Å². The summed E-state index contributed by atoms with van der Waals surface area (Å²) < 4.78 is 8.23. The van der Waals surface area contributed by atoms with Crippen molar-refractivity contribution in [1.82, 2.24) is 9.55 Å². The molecule has 1 aromatic heterocycles. The second-order valence-corrected chi connectivity index (χ2v) is 6.76. The third kappa shape index (κ3) is 2.81. The maximum absolute atomic E-state index is 13.5. The van der Waals surface area contributed by atoms with Crippen LogP contribution in [0.2, 0.25) is 0 Å². The molecule has 0 spiro atoms. The highest BCUT2D eigenvalue weighted by Gasteiger charge is 2.34. The first kappa shape index (κ1) is 16.6. The van der Waals surface area contributed by atoms with Crippen molar-refractivity contribution in [3.8, 4) is 5.75 Å². The van der Waals surface area contributed by atoms with Crippen molar-refractivity contribution in [3.63, 3.8) is 0 Å². The van der Waals surface area contributed by atoms with Gasteiger partial charge in [-0.25, -0.2) is 4.98 Å². The number of ether oxygens (including phenoxy) is 1. The fraction of sp³-hybridized carbons (Fsp3) is 0.130.